The van der Waals surface area contributed by atoms with Crippen molar-refractivity contribution in [1.29, 1.82) is 0 Å². The van der Waals surface area contributed by atoms with Gasteiger partial charge in [-0.1, -0.05) is 106 Å². The molecular weight excluding hydrogens is 937 g/mol. The van der Waals surface area contributed by atoms with Gasteiger partial charge in [0.1, 0.15) is 18.1 Å². The fourth-order valence-electron chi connectivity index (χ4n) is 9.41. The molecule has 7 amide bonds. The molecule has 2 unspecified atom stereocenters. The second kappa shape index (κ2) is 30.9. The molecular formula is C54H92N8O11. The first-order valence-electron chi connectivity index (χ1n) is 26.2. The number of hydrogen-bond donors (Lipinski definition) is 5. The number of ether oxygens (including phenoxy) is 3. The van der Waals surface area contributed by atoms with Gasteiger partial charge in [-0.05, 0) is 63.6 Å². The summed E-state index contributed by atoms with van der Waals surface area (Å²) in [5, 5.41) is 14.1. The van der Waals surface area contributed by atoms with Crippen LogP contribution in [0.4, 0.5) is 0 Å². The first kappa shape index (κ1) is 64.0. The predicted molar refractivity (Wildman–Crippen MR) is 281 cm³/mol. The Hall–Kier alpha value is -5.14. The number of carbonyl (C=O) groups is 8. The summed E-state index contributed by atoms with van der Waals surface area (Å²) in [6.07, 6.45) is 0.926. The summed E-state index contributed by atoms with van der Waals surface area (Å²) in [5.74, 6) is -3.92. The van der Waals surface area contributed by atoms with E-state index in [2.05, 4.69) is 26.6 Å². The monoisotopic (exact) mass is 1030 g/mol. The second-order valence-electron chi connectivity index (χ2n) is 21.6. The van der Waals surface area contributed by atoms with E-state index in [4.69, 9.17) is 14.2 Å². The minimum absolute atomic E-state index is 0.00503. The SMILES string of the molecule is CC[C@H](C)[C@@H]([C@@H](CC(=O)N1CCC[C@H]1[C@H](OC)[C@@H](C)C(=O)N[C@@H](Cc1ccccc1)C(=O)NCCCOC(=O)C(C)NC(=O)CCNC(=O)C(C)(C)C)OC)N(C)C(=O)C(NC(=O)[C@H](C(C)C)N(C)C)C(C)C. The molecule has 0 aromatic heterocycles. The molecule has 1 aromatic carbocycles. The molecule has 19 heteroatoms. The highest BCUT2D eigenvalue weighted by Crippen LogP contribution is 2.30. The Morgan fingerprint density at radius 2 is 1.44 bits per heavy atom. The summed E-state index contributed by atoms with van der Waals surface area (Å²) >= 11 is 0. The maximum Gasteiger partial charge on any atom is 0.328 e. The molecule has 1 fully saturated rings. The topological polar surface area (TPSA) is 234 Å². The van der Waals surface area contributed by atoms with Crippen LogP contribution in [-0.4, -0.2) is 172 Å². The molecule has 1 heterocycles. The van der Waals surface area contributed by atoms with E-state index >= 15 is 0 Å². The predicted octanol–water partition coefficient (Wildman–Crippen LogP) is 3.47. The van der Waals surface area contributed by atoms with Crippen molar-refractivity contribution in [3.8, 4) is 0 Å². The number of amides is 7. The number of likely N-dealkylation sites (N-methyl/N-ethyl adjacent to an activating group) is 2. The van der Waals surface area contributed by atoms with Crippen LogP contribution in [0.5, 0.6) is 0 Å². The Bertz CT molecular complexity index is 1940. The summed E-state index contributed by atoms with van der Waals surface area (Å²) < 4.78 is 17.4. The molecule has 10 atom stereocenters. The van der Waals surface area contributed by atoms with E-state index in [1.165, 1.54) is 21.1 Å². The van der Waals surface area contributed by atoms with E-state index in [9.17, 15) is 38.4 Å². The number of esters is 1. The van der Waals surface area contributed by atoms with Gasteiger partial charge in [-0.3, -0.25) is 38.5 Å². The maximum absolute atomic E-state index is 14.5. The minimum Gasteiger partial charge on any atom is -0.464 e. The highest BCUT2D eigenvalue weighted by atomic mass is 16.5. The quantitative estimate of drug-likeness (QED) is 0.0551. The zero-order chi connectivity index (χ0) is 55.3. The Morgan fingerprint density at radius 3 is 1.99 bits per heavy atom. The van der Waals surface area contributed by atoms with Crippen LogP contribution in [0.1, 0.15) is 120 Å². The van der Waals surface area contributed by atoms with Crippen LogP contribution < -0.4 is 26.6 Å². The molecule has 0 saturated carbocycles. The summed E-state index contributed by atoms with van der Waals surface area (Å²) in [4.78, 5) is 113. The van der Waals surface area contributed by atoms with Crippen LogP contribution in [-0.2, 0) is 59.0 Å². The molecule has 73 heavy (non-hydrogen) atoms. The Balaban J connectivity index is 2.16. The minimum atomic E-state index is -0.977. The molecule has 0 aliphatic carbocycles. The van der Waals surface area contributed by atoms with Gasteiger partial charge in [0.2, 0.25) is 41.4 Å². The van der Waals surface area contributed by atoms with Crippen LogP contribution >= 0.6 is 0 Å². The lowest BCUT2D eigenvalue weighted by molar-refractivity contribution is -0.148. The van der Waals surface area contributed by atoms with E-state index in [0.29, 0.717) is 25.8 Å². The molecule has 2 rings (SSSR count). The molecule has 414 valence electrons. The third-order valence-corrected chi connectivity index (χ3v) is 13.8. The fourth-order valence-corrected chi connectivity index (χ4v) is 9.41. The van der Waals surface area contributed by atoms with Crippen molar-refractivity contribution in [2.45, 2.75) is 170 Å². The van der Waals surface area contributed by atoms with Crippen LogP contribution in [0.25, 0.3) is 0 Å². The third kappa shape index (κ3) is 19.9. The normalized spacial score (nSPS) is 17.6. The number of rotatable bonds is 30. The van der Waals surface area contributed by atoms with Gasteiger partial charge in [0.25, 0.3) is 0 Å². The van der Waals surface area contributed by atoms with E-state index < -0.39 is 83.5 Å². The lowest BCUT2D eigenvalue weighted by Gasteiger charge is -2.41. The third-order valence-electron chi connectivity index (χ3n) is 13.8. The molecule has 0 bridgehead atoms. The van der Waals surface area contributed by atoms with Crippen LogP contribution in [0.2, 0.25) is 0 Å². The van der Waals surface area contributed by atoms with Crippen LogP contribution in [0.15, 0.2) is 30.3 Å². The van der Waals surface area contributed by atoms with Crippen molar-refractivity contribution in [3.63, 3.8) is 0 Å². The van der Waals surface area contributed by atoms with Crippen molar-refractivity contribution >= 4 is 47.3 Å². The first-order valence-corrected chi connectivity index (χ1v) is 26.2. The molecule has 1 saturated heterocycles. The van der Waals surface area contributed by atoms with E-state index in [1.54, 1.807) is 44.5 Å². The van der Waals surface area contributed by atoms with E-state index in [0.717, 1.165) is 5.56 Å². The Kier molecular flexibility index (Phi) is 27.1. The zero-order valence-corrected chi connectivity index (χ0v) is 46.9. The Morgan fingerprint density at radius 1 is 0.795 bits per heavy atom. The average molecular weight is 1030 g/mol. The van der Waals surface area contributed by atoms with Crippen LogP contribution in [0, 0.1) is 29.1 Å². The van der Waals surface area contributed by atoms with Crippen molar-refractivity contribution in [2.75, 3.05) is 61.6 Å². The number of methoxy groups -OCH3 is 2. The average Bonchev–Trinajstić information content (AvgIpc) is 3.81. The van der Waals surface area contributed by atoms with Gasteiger partial charge >= 0.3 is 5.97 Å². The van der Waals surface area contributed by atoms with Crippen molar-refractivity contribution in [3.05, 3.63) is 35.9 Å². The molecule has 1 aromatic rings. The fraction of sp³-hybridized carbons (Fsp3) is 0.741. The zero-order valence-electron chi connectivity index (χ0n) is 46.9. The van der Waals surface area contributed by atoms with Gasteiger partial charge in [0.15, 0.2) is 0 Å². The summed E-state index contributed by atoms with van der Waals surface area (Å²) in [5.41, 5.74) is 0.225. The standard InChI is InChI=1S/C54H92N8O11/c1-17-35(6)46(61(14)51(68)44(33(2)3)59-50(67)45(34(4)5)60(12)13)41(71-15)32-43(64)62-29-21-25-40(62)47(72-16)36(7)48(65)58-39(31-38-23-19-18-20-24-38)49(66)55-27-22-30-73-52(69)37(8)57-42(63)26-28-56-53(70)54(9,10)11/h18-20,23-24,33-37,39-41,44-47H,17,21-22,25-32H2,1-16H3,(H,55,66)(H,56,70)(H,57,63)(H,58,65)(H,59,67)/t35-,36+,37?,39-,40-,41+,44?,45-,46-,47+/m0/s1. The van der Waals surface area contributed by atoms with Crippen molar-refractivity contribution in [1.82, 2.24) is 41.3 Å². The number of nitrogens with one attached hydrogen (secondary N) is 5. The molecule has 0 radical (unpaired) electrons. The largest absolute Gasteiger partial charge is 0.464 e. The lowest BCUT2D eigenvalue weighted by Crippen LogP contribution is -2.59. The summed E-state index contributed by atoms with van der Waals surface area (Å²) in [6.45, 7) is 20.9. The van der Waals surface area contributed by atoms with Crippen LogP contribution in [0.3, 0.4) is 0 Å². The molecule has 5 N–H and O–H groups in total. The summed E-state index contributed by atoms with van der Waals surface area (Å²) in [6, 6.07) is 5.14. The van der Waals surface area contributed by atoms with Gasteiger partial charge in [-0.25, -0.2) is 4.79 Å². The van der Waals surface area contributed by atoms with Gasteiger partial charge in [0.05, 0.1) is 49.3 Å². The first-order chi connectivity index (χ1) is 34.2. The maximum atomic E-state index is 14.5. The van der Waals surface area contributed by atoms with E-state index in [-0.39, 0.29) is 86.8 Å². The Labute approximate surface area is 436 Å². The second-order valence-corrected chi connectivity index (χ2v) is 21.6. The highest BCUT2D eigenvalue weighted by molar-refractivity contribution is 5.91. The number of hydrogen-bond acceptors (Lipinski definition) is 12. The molecule has 0 spiro atoms. The molecule has 1 aliphatic rings. The van der Waals surface area contributed by atoms with Gasteiger partial charge < -0.3 is 50.6 Å². The number of nitrogens with zero attached hydrogens (tertiary/aromatic N) is 3. The lowest BCUT2D eigenvalue weighted by atomic mass is 9.89. The number of likely N-dealkylation sites (tertiary alicyclic amines) is 1. The highest BCUT2D eigenvalue weighted by Gasteiger charge is 2.43. The van der Waals surface area contributed by atoms with E-state index in [1.807, 2.05) is 90.9 Å². The van der Waals surface area contributed by atoms with Gasteiger partial charge in [-0.15, -0.1) is 0 Å². The van der Waals surface area contributed by atoms with Crippen molar-refractivity contribution in [2.24, 2.45) is 29.1 Å². The van der Waals surface area contributed by atoms with Gasteiger partial charge in [0, 0.05) is 59.2 Å². The number of benzene rings is 1. The smallest absolute Gasteiger partial charge is 0.328 e. The van der Waals surface area contributed by atoms with Crippen molar-refractivity contribution < 1.29 is 52.6 Å². The number of carbonyl (C=O) groups excluding carboxylic acids is 8. The summed E-state index contributed by atoms with van der Waals surface area (Å²) in [7, 11) is 8.43. The van der Waals surface area contributed by atoms with Gasteiger partial charge in [-0.2, -0.15) is 0 Å². The molecule has 1 aliphatic heterocycles. The molecule has 19 nitrogen and oxygen atoms in total.